The van der Waals surface area contributed by atoms with Gasteiger partial charge in [0.1, 0.15) is 0 Å². The summed E-state index contributed by atoms with van der Waals surface area (Å²) in [4.78, 5) is 5.80. The Morgan fingerprint density at radius 2 is 1.60 bits per heavy atom. The van der Waals surface area contributed by atoms with Crippen LogP contribution in [0, 0.1) is 5.92 Å². The summed E-state index contributed by atoms with van der Waals surface area (Å²) >= 11 is 0. The molecule has 1 aliphatic rings. The quantitative estimate of drug-likeness (QED) is 0.693. The number of hydrogen-bond donors (Lipinski definition) is 0. The van der Waals surface area contributed by atoms with Gasteiger partial charge in [-0.15, -0.1) is 0 Å². The normalized spacial score (nSPS) is 26.0. The van der Waals surface area contributed by atoms with Crippen molar-refractivity contribution < 1.29 is 6.26 Å². The molecule has 0 aromatic heterocycles. The standard InChI is InChI=1S/C12H25NO.CH4.H2/c1-7-14-13-11(3,4)8-10(2)9-12(13,5)6;;/h10H,7-9H2,1-6H3;1H4;1H/i;;1+2. The van der Waals surface area contributed by atoms with Crippen LogP contribution >= 0.6 is 0 Å². The second kappa shape index (κ2) is 4.84. The maximum absolute atomic E-state index is 5.80. The molecule has 0 radical (unpaired) electrons. The van der Waals surface area contributed by atoms with Crippen molar-refractivity contribution in [2.45, 2.75) is 72.9 Å². The van der Waals surface area contributed by atoms with Gasteiger partial charge in [0.05, 0.1) is 6.61 Å². The van der Waals surface area contributed by atoms with Crippen LogP contribution in [0.2, 0.25) is 0 Å². The van der Waals surface area contributed by atoms with Crippen molar-refractivity contribution >= 4 is 0 Å². The lowest BCUT2D eigenvalue weighted by Crippen LogP contribution is -2.59. The molecule has 2 nitrogen and oxygen atoms in total. The van der Waals surface area contributed by atoms with Crippen molar-refractivity contribution in [1.29, 1.82) is 0 Å². The molecule has 0 atom stereocenters. The van der Waals surface area contributed by atoms with E-state index in [0.717, 1.165) is 12.5 Å². The Balaban J connectivity index is 0. The van der Waals surface area contributed by atoms with Gasteiger partial charge in [-0.25, -0.2) is 0 Å². The first-order valence-electron chi connectivity index (χ1n) is 5.73. The van der Waals surface area contributed by atoms with E-state index in [4.69, 9.17) is 4.84 Å². The summed E-state index contributed by atoms with van der Waals surface area (Å²) in [5.41, 5.74) is 0.328. The predicted octanol–water partition coefficient (Wildman–Crippen LogP) is 4.11. The SMILES string of the molecule is C.CCON1C(C)(C)CC(C)CC1(C)C.[3HH]. The monoisotopic (exact) mass is 219 g/mol. The lowest BCUT2D eigenvalue weighted by Gasteiger charge is -2.53. The van der Waals surface area contributed by atoms with Crippen molar-refractivity contribution in [1.82, 2.24) is 5.06 Å². The van der Waals surface area contributed by atoms with Crippen LogP contribution in [0.15, 0.2) is 0 Å². The summed E-state index contributed by atoms with van der Waals surface area (Å²) < 4.78 is 0. The van der Waals surface area contributed by atoms with Crippen LogP contribution in [0.4, 0.5) is 0 Å². The van der Waals surface area contributed by atoms with E-state index in [0.29, 0.717) is 0 Å². The molecule has 0 aliphatic carbocycles. The molecule has 0 N–H and O–H groups in total. The van der Waals surface area contributed by atoms with Gasteiger partial charge >= 0.3 is 0 Å². The van der Waals surface area contributed by atoms with Gasteiger partial charge in [0.2, 0.25) is 0 Å². The largest absolute Gasteiger partial charge is 0.298 e. The highest BCUT2D eigenvalue weighted by Gasteiger charge is 2.44. The molecular formula is C13H31NO. The molecule has 0 aromatic carbocycles. The summed E-state index contributed by atoms with van der Waals surface area (Å²) in [5.74, 6) is 0.789. The molecule has 1 saturated heterocycles. The smallest absolute Gasteiger partial charge is 0.0657 e. The fraction of sp³-hybridized carbons (Fsp3) is 1.00. The lowest BCUT2D eigenvalue weighted by atomic mass is 9.76. The van der Waals surface area contributed by atoms with E-state index in [1.54, 1.807) is 0 Å². The molecule has 2 heteroatoms. The minimum Gasteiger partial charge on any atom is -0.298 e. The highest BCUT2D eigenvalue weighted by Crippen LogP contribution is 2.41. The van der Waals surface area contributed by atoms with Crippen LogP contribution in [0.5, 0.6) is 0 Å². The first-order valence-corrected chi connectivity index (χ1v) is 5.73. The molecule has 0 saturated carbocycles. The fourth-order valence-electron chi connectivity index (χ4n) is 3.24. The maximum Gasteiger partial charge on any atom is 0.0657 e. The van der Waals surface area contributed by atoms with Crippen LogP contribution in [0.1, 0.15) is 63.2 Å². The Kier molecular flexibility index (Phi) is 4.81. The number of rotatable bonds is 2. The van der Waals surface area contributed by atoms with E-state index in [-0.39, 0.29) is 19.9 Å². The molecule has 0 bridgehead atoms. The maximum atomic E-state index is 5.80. The molecule has 1 aliphatic heterocycles. The summed E-state index contributed by atoms with van der Waals surface area (Å²) in [6.07, 6.45) is 2.44. The minimum atomic E-state index is 0. The first kappa shape index (κ1) is 14.9. The van der Waals surface area contributed by atoms with Crippen molar-refractivity contribution in [3.63, 3.8) is 0 Å². The highest BCUT2D eigenvalue weighted by atomic mass is 16.7. The van der Waals surface area contributed by atoms with Crippen molar-refractivity contribution in [2.75, 3.05) is 6.61 Å². The Morgan fingerprint density at radius 3 is 1.93 bits per heavy atom. The van der Waals surface area contributed by atoms with Crippen molar-refractivity contribution in [2.24, 2.45) is 5.92 Å². The number of hydrogen-bond acceptors (Lipinski definition) is 2. The third-order valence-electron chi connectivity index (χ3n) is 3.05. The number of piperidine rings is 1. The van der Waals surface area contributed by atoms with Gasteiger partial charge in [0, 0.05) is 12.5 Å². The summed E-state index contributed by atoms with van der Waals surface area (Å²) in [7, 11) is 0. The molecular weight excluding hydrogens is 186 g/mol. The molecule has 1 fully saturated rings. The zero-order valence-electron chi connectivity index (χ0n) is 10.6. The van der Waals surface area contributed by atoms with Gasteiger partial charge < -0.3 is 0 Å². The summed E-state index contributed by atoms with van der Waals surface area (Å²) in [6.45, 7) is 14.3. The van der Waals surface area contributed by atoms with Gasteiger partial charge in [-0.1, -0.05) is 14.4 Å². The van der Waals surface area contributed by atoms with Crippen LogP contribution < -0.4 is 0 Å². The van der Waals surface area contributed by atoms with E-state index >= 15 is 0 Å². The Hall–Kier alpha value is -0.0800. The molecule has 0 aromatic rings. The van der Waals surface area contributed by atoms with Crippen molar-refractivity contribution in [3.8, 4) is 0 Å². The molecule has 0 spiro atoms. The van der Waals surface area contributed by atoms with Crippen LogP contribution in [-0.2, 0) is 4.84 Å². The topological polar surface area (TPSA) is 12.5 Å². The Labute approximate surface area is 97.4 Å². The zero-order chi connectivity index (χ0) is 11.0. The predicted molar refractivity (Wildman–Crippen MR) is 68.9 cm³/mol. The zero-order valence-corrected chi connectivity index (χ0v) is 10.6. The third kappa shape index (κ3) is 3.18. The van der Waals surface area contributed by atoms with Crippen LogP contribution in [0.3, 0.4) is 0 Å². The average molecular weight is 219 g/mol. The van der Waals surface area contributed by atoms with Crippen molar-refractivity contribution in [3.05, 3.63) is 0 Å². The van der Waals surface area contributed by atoms with Gasteiger partial charge in [-0.2, -0.15) is 5.06 Å². The molecule has 15 heavy (non-hydrogen) atoms. The Bertz CT molecular complexity index is 186. The summed E-state index contributed by atoms with van der Waals surface area (Å²) in [5, 5.41) is 2.21. The Morgan fingerprint density at radius 1 is 1.20 bits per heavy atom. The van der Waals surface area contributed by atoms with Gasteiger partial charge in [-0.3, -0.25) is 4.84 Å². The third-order valence-corrected chi connectivity index (χ3v) is 3.05. The highest BCUT2D eigenvalue weighted by molar-refractivity contribution is 4.95. The first-order chi connectivity index (χ1) is 6.29. The molecule has 1 heterocycles. The molecule has 0 unspecified atom stereocenters. The number of nitrogens with zero attached hydrogens (tertiary/aromatic N) is 1. The fourth-order valence-corrected chi connectivity index (χ4v) is 3.24. The van der Waals surface area contributed by atoms with Gasteiger partial charge in [0.15, 0.2) is 0 Å². The second-order valence-corrected chi connectivity index (χ2v) is 5.85. The van der Waals surface area contributed by atoms with E-state index in [1.807, 2.05) is 0 Å². The van der Waals surface area contributed by atoms with Crippen LogP contribution in [-0.4, -0.2) is 22.7 Å². The second-order valence-electron chi connectivity index (χ2n) is 5.85. The van der Waals surface area contributed by atoms with Gasteiger partial charge in [-0.05, 0) is 53.4 Å². The lowest BCUT2D eigenvalue weighted by molar-refractivity contribution is -0.284. The van der Waals surface area contributed by atoms with Crippen LogP contribution in [0.25, 0.3) is 0 Å². The van der Waals surface area contributed by atoms with E-state index in [1.165, 1.54) is 12.8 Å². The molecule has 0 amide bonds. The number of hydroxylamine groups is 2. The molecule has 94 valence electrons. The van der Waals surface area contributed by atoms with E-state index in [9.17, 15) is 0 Å². The minimum absolute atomic E-state index is 0. The van der Waals surface area contributed by atoms with E-state index in [2.05, 4.69) is 46.6 Å². The van der Waals surface area contributed by atoms with Gasteiger partial charge in [0.25, 0.3) is 0 Å². The molecule has 1 rings (SSSR count). The summed E-state index contributed by atoms with van der Waals surface area (Å²) in [6, 6.07) is 0. The average Bonchev–Trinajstić information content (AvgIpc) is 1.94. The van der Waals surface area contributed by atoms with E-state index < -0.39 is 0 Å².